The summed E-state index contributed by atoms with van der Waals surface area (Å²) in [4.78, 5) is 26.8. The van der Waals surface area contributed by atoms with Gasteiger partial charge in [0.15, 0.2) is 0 Å². The number of carbonyl (C=O) groups is 1. The predicted octanol–water partition coefficient (Wildman–Crippen LogP) is 2.53. The molecule has 2 aromatic rings. The molecule has 0 radical (unpaired) electrons. The van der Waals surface area contributed by atoms with E-state index in [9.17, 15) is 9.59 Å². The number of aryl methyl sites for hydroxylation is 1. The van der Waals surface area contributed by atoms with E-state index in [1.807, 2.05) is 31.0 Å². The average Bonchev–Trinajstić information content (AvgIpc) is 3.10. The maximum absolute atomic E-state index is 12.5. The first-order chi connectivity index (χ1) is 12.5. The van der Waals surface area contributed by atoms with Crippen LogP contribution in [0.4, 0.5) is 0 Å². The number of nitrogens with zero attached hydrogens (tertiary/aromatic N) is 1. The summed E-state index contributed by atoms with van der Waals surface area (Å²) in [6.07, 6.45) is 1.77. The molecular weight excluding hydrogens is 368 g/mol. The van der Waals surface area contributed by atoms with Crippen LogP contribution in [0.1, 0.15) is 24.0 Å². The molecule has 0 saturated carbocycles. The molecule has 1 aromatic heterocycles. The lowest BCUT2D eigenvalue weighted by molar-refractivity contribution is -0.130. The molecule has 1 amide bonds. The zero-order valence-electron chi connectivity index (χ0n) is 16.0. The van der Waals surface area contributed by atoms with Crippen molar-refractivity contribution in [2.45, 2.75) is 26.2 Å². The Morgan fingerprint density at radius 3 is 2.89 bits per heavy atom. The van der Waals surface area contributed by atoms with Crippen LogP contribution in [0.15, 0.2) is 27.4 Å². The first-order valence-electron chi connectivity index (χ1n) is 9.06. The molecule has 2 heterocycles. The first-order valence-corrected chi connectivity index (χ1v) is 9.06. The summed E-state index contributed by atoms with van der Waals surface area (Å²) in [6.45, 7) is 4.44. The van der Waals surface area contributed by atoms with Crippen molar-refractivity contribution in [1.82, 2.24) is 10.2 Å². The highest BCUT2D eigenvalue weighted by molar-refractivity contribution is 5.85. The topological polar surface area (TPSA) is 71.8 Å². The van der Waals surface area contributed by atoms with Gasteiger partial charge in [-0.1, -0.05) is 0 Å². The molecule has 27 heavy (non-hydrogen) atoms. The zero-order chi connectivity index (χ0) is 18.7. The van der Waals surface area contributed by atoms with Crippen LogP contribution in [-0.2, 0) is 11.2 Å². The number of carbonyl (C=O) groups excluding carboxylic acids is 1. The van der Waals surface area contributed by atoms with Crippen molar-refractivity contribution < 1.29 is 13.9 Å². The van der Waals surface area contributed by atoms with Crippen LogP contribution >= 0.6 is 12.4 Å². The minimum absolute atomic E-state index is 0. The van der Waals surface area contributed by atoms with Gasteiger partial charge < -0.3 is 19.4 Å². The molecule has 6 nitrogen and oxygen atoms in total. The number of likely N-dealkylation sites (tertiary alicyclic amines) is 1. The molecule has 1 aromatic carbocycles. The lowest BCUT2D eigenvalue weighted by Crippen LogP contribution is -2.30. The third-order valence-electron chi connectivity index (χ3n) is 5.21. The number of rotatable bonds is 6. The molecule has 1 N–H and O–H groups in total. The van der Waals surface area contributed by atoms with Crippen molar-refractivity contribution in [3.63, 3.8) is 0 Å². The number of ether oxygens (including phenoxy) is 1. The second-order valence-corrected chi connectivity index (χ2v) is 6.91. The molecule has 7 heteroatoms. The standard InChI is InChI=1S/C20H26N2O4.ClH/c1-13-16-5-4-15(25-3)10-18(16)26-20(24)17(13)6-7-19(23)22-9-8-14(12-22)11-21-2;/h4-5,10,14,21H,6-9,11-12H2,1-3H3;1H. The van der Waals surface area contributed by atoms with Gasteiger partial charge in [0.1, 0.15) is 11.3 Å². The highest BCUT2D eigenvalue weighted by Crippen LogP contribution is 2.25. The van der Waals surface area contributed by atoms with E-state index in [1.54, 1.807) is 13.2 Å². The monoisotopic (exact) mass is 394 g/mol. The van der Waals surface area contributed by atoms with E-state index in [1.165, 1.54) is 0 Å². The van der Waals surface area contributed by atoms with Gasteiger partial charge >= 0.3 is 5.63 Å². The van der Waals surface area contributed by atoms with E-state index in [0.29, 0.717) is 35.7 Å². The summed E-state index contributed by atoms with van der Waals surface area (Å²) in [5.74, 6) is 1.27. The van der Waals surface area contributed by atoms with Gasteiger partial charge in [0.2, 0.25) is 5.91 Å². The first kappa shape index (κ1) is 21.3. The van der Waals surface area contributed by atoms with Gasteiger partial charge in [0.25, 0.3) is 0 Å². The number of hydrogen-bond donors (Lipinski definition) is 1. The van der Waals surface area contributed by atoms with Crippen LogP contribution in [0.2, 0.25) is 0 Å². The maximum atomic E-state index is 12.5. The van der Waals surface area contributed by atoms with E-state index >= 15 is 0 Å². The van der Waals surface area contributed by atoms with Crippen LogP contribution in [0, 0.1) is 12.8 Å². The molecule has 0 spiro atoms. The Morgan fingerprint density at radius 1 is 1.41 bits per heavy atom. The van der Waals surface area contributed by atoms with E-state index in [4.69, 9.17) is 9.15 Å². The van der Waals surface area contributed by atoms with Gasteiger partial charge in [-0.25, -0.2) is 4.79 Å². The highest BCUT2D eigenvalue weighted by atomic mass is 35.5. The summed E-state index contributed by atoms with van der Waals surface area (Å²) in [7, 11) is 3.51. The van der Waals surface area contributed by atoms with Gasteiger partial charge in [-0.15, -0.1) is 12.4 Å². The second kappa shape index (κ2) is 9.24. The van der Waals surface area contributed by atoms with Crippen LogP contribution in [0.5, 0.6) is 5.75 Å². The second-order valence-electron chi connectivity index (χ2n) is 6.91. The van der Waals surface area contributed by atoms with Crippen molar-refractivity contribution >= 4 is 29.3 Å². The molecule has 3 rings (SSSR count). The lowest BCUT2D eigenvalue weighted by atomic mass is 10.0. The summed E-state index contributed by atoms with van der Waals surface area (Å²) in [6, 6.07) is 5.45. The number of halogens is 1. The SMILES string of the molecule is CNCC1CCN(C(=O)CCc2c(C)c3ccc(OC)cc3oc2=O)C1.Cl. The third-order valence-corrected chi connectivity index (χ3v) is 5.21. The Labute approximate surface area is 165 Å². The van der Waals surface area contributed by atoms with Gasteiger partial charge in [-0.2, -0.15) is 0 Å². The number of methoxy groups -OCH3 is 1. The molecule has 1 fully saturated rings. The van der Waals surface area contributed by atoms with Crippen molar-refractivity contribution in [3.05, 3.63) is 39.7 Å². The van der Waals surface area contributed by atoms with Crippen molar-refractivity contribution in [1.29, 1.82) is 0 Å². The summed E-state index contributed by atoms with van der Waals surface area (Å²) < 4.78 is 10.6. The largest absolute Gasteiger partial charge is 0.497 e. The van der Waals surface area contributed by atoms with Gasteiger partial charge in [-0.3, -0.25) is 4.79 Å². The fourth-order valence-electron chi connectivity index (χ4n) is 3.70. The molecule has 0 bridgehead atoms. The Morgan fingerprint density at radius 2 is 2.19 bits per heavy atom. The number of hydrogen-bond acceptors (Lipinski definition) is 5. The minimum atomic E-state index is -0.370. The normalized spacial score (nSPS) is 16.4. The summed E-state index contributed by atoms with van der Waals surface area (Å²) in [5.41, 5.74) is 1.60. The number of nitrogens with one attached hydrogen (secondary N) is 1. The van der Waals surface area contributed by atoms with Crippen LogP contribution in [0.25, 0.3) is 11.0 Å². The quantitative estimate of drug-likeness (QED) is 0.762. The smallest absolute Gasteiger partial charge is 0.339 e. The molecular formula is C20H27ClN2O4. The summed E-state index contributed by atoms with van der Waals surface area (Å²) >= 11 is 0. The third kappa shape index (κ3) is 4.62. The fraction of sp³-hybridized carbons (Fsp3) is 0.500. The van der Waals surface area contributed by atoms with E-state index in [0.717, 1.165) is 37.0 Å². The molecule has 1 unspecified atom stereocenters. The zero-order valence-corrected chi connectivity index (χ0v) is 16.9. The highest BCUT2D eigenvalue weighted by Gasteiger charge is 2.25. The van der Waals surface area contributed by atoms with E-state index in [2.05, 4.69) is 5.32 Å². The molecule has 1 saturated heterocycles. The minimum Gasteiger partial charge on any atom is -0.497 e. The molecule has 0 aliphatic carbocycles. The van der Waals surface area contributed by atoms with E-state index in [-0.39, 0.29) is 23.9 Å². The van der Waals surface area contributed by atoms with Gasteiger partial charge in [0.05, 0.1) is 7.11 Å². The van der Waals surface area contributed by atoms with Crippen molar-refractivity contribution in [3.8, 4) is 5.75 Å². The van der Waals surface area contributed by atoms with Gasteiger partial charge in [-0.05, 0) is 57.0 Å². The summed E-state index contributed by atoms with van der Waals surface area (Å²) in [5, 5.41) is 4.04. The Hall–Kier alpha value is -2.05. The van der Waals surface area contributed by atoms with Crippen molar-refractivity contribution in [2.24, 2.45) is 5.92 Å². The van der Waals surface area contributed by atoms with Crippen molar-refractivity contribution in [2.75, 3.05) is 33.8 Å². The molecule has 1 aliphatic heterocycles. The molecule has 148 valence electrons. The van der Waals surface area contributed by atoms with E-state index < -0.39 is 0 Å². The average molecular weight is 395 g/mol. The maximum Gasteiger partial charge on any atom is 0.339 e. The van der Waals surface area contributed by atoms with Crippen LogP contribution < -0.4 is 15.7 Å². The Kier molecular flexibility index (Phi) is 7.27. The number of benzene rings is 1. The fourth-order valence-corrected chi connectivity index (χ4v) is 3.70. The molecule has 1 atom stereocenters. The predicted molar refractivity (Wildman–Crippen MR) is 108 cm³/mol. The Bertz CT molecular complexity index is 865. The van der Waals surface area contributed by atoms with Gasteiger partial charge in [0, 0.05) is 36.5 Å². The Balaban J connectivity index is 0.00000261. The van der Waals surface area contributed by atoms with Crippen LogP contribution in [0.3, 0.4) is 0 Å². The molecule has 1 aliphatic rings. The lowest BCUT2D eigenvalue weighted by Gasteiger charge is -2.17. The number of amides is 1. The number of fused-ring (bicyclic) bond motifs is 1. The van der Waals surface area contributed by atoms with Crippen LogP contribution in [-0.4, -0.2) is 44.6 Å².